The van der Waals surface area contributed by atoms with Crippen LogP contribution < -0.4 is 10.5 Å². The van der Waals surface area contributed by atoms with Gasteiger partial charge in [-0.3, -0.25) is 4.79 Å². The van der Waals surface area contributed by atoms with E-state index in [2.05, 4.69) is 27.2 Å². The number of carbonyl (C=O) groups is 1. The summed E-state index contributed by atoms with van der Waals surface area (Å²) in [6, 6.07) is 3.63. The number of hydrogen-bond donors (Lipinski definition) is 2. The van der Waals surface area contributed by atoms with Crippen molar-refractivity contribution in [3.63, 3.8) is 0 Å². The summed E-state index contributed by atoms with van der Waals surface area (Å²) in [6.45, 7) is 1.83. The van der Waals surface area contributed by atoms with Gasteiger partial charge in [0.2, 0.25) is 10.0 Å². The van der Waals surface area contributed by atoms with Crippen LogP contribution >= 0.6 is 15.9 Å². The number of rotatable bonds is 4. The summed E-state index contributed by atoms with van der Waals surface area (Å²) in [4.78, 5) is 11.8. The van der Waals surface area contributed by atoms with Crippen LogP contribution in [0.2, 0.25) is 0 Å². The van der Waals surface area contributed by atoms with Crippen LogP contribution in [0.3, 0.4) is 0 Å². The molecule has 0 heterocycles. The lowest BCUT2D eigenvalue weighted by Crippen LogP contribution is -2.33. The van der Waals surface area contributed by atoms with Crippen LogP contribution in [-0.4, -0.2) is 20.4 Å². The third-order valence-electron chi connectivity index (χ3n) is 2.38. The molecular formula is C12H13BrN2O3S. The Morgan fingerprint density at radius 2 is 2.16 bits per heavy atom. The van der Waals surface area contributed by atoms with Crippen LogP contribution in [0, 0.1) is 12.3 Å². The summed E-state index contributed by atoms with van der Waals surface area (Å²) in [7, 11) is -3.87. The molecule has 0 aliphatic heterocycles. The molecular weight excluding hydrogens is 332 g/mol. The number of nitrogens with one attached hydrogen (secondary N) is 1. The molecule has 1 amide bonds. The quantitative estimate of drug-likeness (QED) is 0.805. The molecule has 0 saturated carbocycles. The second-order valence-electron chi connectivity index (χ2n) is 3.82. The maximum atomic E-state index is 11.9. The van der Waals surface area contributed by atoms with Gasteiger partial charge >= 0.3 is 0 Å². The minimum Gasteiger partial charge on any atom is -0.338 e. The number of nitrogens with two attached hydrogens (primary N) is 1. The molecule has 1 atom stereocenters. The average molecular weight is 345 g/mol. The van der Waals surface area contributed by atoms with E-state index in [4.69, 9.17) is 11.6 Å². The summed E-state index contributed by atoms with van der Waals surface area (Å²) in [5.74, 6) is 1.98. The molecule has 0 bridgehead atoms. The number of carbonyl (C=O) groups excluding carboxylic acids is 1. The molecule has 0 radical (unpaired) electrons. The number of sulfonamides is 1. The van der Waals surface area contributed by atoms with Crippen molar-refractivity contribution in [2.45, 2.75) is 24.3 Å². The zero-order valence-electron chi connectivity index (χ0n) is 10.2. The Kier molecular flexibility index (Phi) is 5.11. The van der Waals surface area contributed by atoms with Crippen LogP contribution in [0.1, 0.15) is 23.7 Å². The fraction of sp³-hybridized carbons (Fsp3) is 0.250. The fourth-order valence-corrected chi connectivity index (χ4v) is 2.59. The molecule has 0 aromatic heterocycles. The summed E-state index contributed by atoms with van der Waals surface area (Å²) in [5.41, 5.74) is 0.173. The van der Waals surface area contributed by atoms with Gasteiger partial charge in [0.15, 0.2) is 0 Å². The van der Waals surface area contributed by atoms with E-state index in [1.165, 1.54) is 18.2 Å². The van der Waals surface area contributed by atoms with E-state index in [-0.39, 0.29) is 10.5 Å². The molecule has 0 saturated heterocycles. The van der Waals surface area contributed by atoms with Gasteiger partial charge < -0.3 is 5.32 Å². The molecule has 7 heteroatoms. The van der Waals surface area contributed by atoms with Crippen molar-refractivity contribution in [2.24, 2.45) is 5.14 Å². The highest BCUT2D eigenvalue weighted by Gasteiger charge is 2.15. The average Bonchev–Trinajstić information content (AvgIpc) is 2.33. The van der Waals surface area contributed by atoms with Gasteiger partial charge in [0.1, 0.15) is 0 Å². The van der Waals surface area contributed by atoms with Gasteiger partial charge in [-0.05, 0) is 24.6 Å². The van der Waals surface area contributed by atoms with Gasteiger partial charge in [-0.1, -0.05) is 28.8 Å². The monoisotopic (exact) mass is 344 g/mol. The van der Waals surface area contributed by atoms with Crippen molar-refractivity contribution in [1.82, 2.24) is 5.32 Å². The summed E-state index contributed by atoms with van der Waals surface area (Å²) in [6.07, 6.45) is 5.83. The molecule has 1 unspecified atom stereocenters. The number of benzene rings is 1. The lowest BCUT2D eigenvalue weighted by molar-refractivity contribution is 0.0944. The molecule has 0 spiro atoms. The van der Waals surface area contributed by atoms with Crippen LogP contribution in [-0.2, 0) is 10.0 Å². The molecule has 1 aromatic carbocycles. The molecule has 1 aromatic rings. The SMILES string of the molecule is C#CC(CC)NC(=O)c1cc(Br)cc(S(N)(=O)=O)c1. The van der Waals surface area contributed by atoms with Crippen LogP contribution in [0.15, 0.2) is 27.6 Å². The van der Waals surface area contributed by atoms with Gasteiger partial charge in [0.05, 0.1) is 10.9 Å². The second-order valence-corrected chi connectivity index (χ2v) is 6.30. The van der Waals surface area contributed by atoms with E-state index < -0.39 is 22.0 Å². The van der Waals surface area contributed by atoms with Gasteiger partial charge in [-0.25, -0.2) is 13.6 Å². The molecule has 3 N–H and O–H groups in total. The third-order valence-corrected chi connectivity index (χ3v) is 3.73. The maximum Gasteiger partial charge on any atom is 0.252 e. The largest absolute Gasteiger partial charge is 0.338 e. The van der Waals surface area contributed by atoms with E-state index in [9.17, 15) is 13.2 Å². The van der Waals surface area contributed by atoms with Crippen molar-refractivity contribution >= 4 is 31.9 Å². The normalized spacial score (nSPS) is 12.5. The van der Waals surface area contributed by atoms with E-state index in [0.29, 0.717) is 10.9 Å². The summed E-state index contributed by atoms with van der Waals surface area (Å²) in [5, 5.41) is 7.64. The number of hydrogen-bond acceptors (Lipinski definition) is 3. The van der Waals surface area contributed by atoms with Gasteiger partial charge in [-0.2, -0.15) is 0 Å². The summed E-state index contributed by atoms with van der Waals surface area (Å²) >= 11 is 3.13. The first-order valence-corrected chi connectivity index (χ1v) is 7.72. The second kappa shape index (κ2) is 6.19. The molecule has 0 aliphatic carbocycles. The predicted octanol–water partition coefficient (Wildman–Crippen LogP) is 1.24. The lowest BCUT2D eigenvalue weighted by Gasteiger charge is -2.11. The van der Waals surface area contributed by atoms with Crippen LogP contribution in [0.5, 0.6) is 0 Å². The summed E-state index contributed by atoms with van der Waals surface area (Å²) < 4.78 is 23.0. The van der Waals surface area contributed by atoms with E-state index in [1.54, 1.807) is 0 Å². The van der Waals surface area contributed by atoms with Crippen molar-refractivity contribution in [3.8, 4) is 12.3 Å². The maximum absolute atomic E-state index is 11.9. The van der Waals surface area contributed by atoms with Crippen molar-refractivity contribution < 1.29 is 13.2 Å². The lowest BCUT2D eigenvalue weighted by atomic mass is 10.2. The Morgan fingerprint density at radius 1 is 1.53 bits per heavy atom. The number of halogens is 1. The smallest absolute Gasteiger partial charge is 0.252 e. The topological polar surface area (TPSA) is 89.3 Å². The highest BCUT2D eigenvalue weighted by molar-refractivity contribution is 9.10. The zero-order chi connectivity index (χ0) is 14.6. The Hall–Kier alpha value is -1.36. The number of primary sulfonamides is 1. The zero-order valence-corrected chi connectivity index (χ0v) is 12.6. The van der Waals surface area contributed by atoms with Crippen LogP contribution in [0.4, 0.5) is 0 Å². The standard InChI is InChI=1S/C12H13BrN2O3S/c1-3-10(4-2)15-12(16)8-5-9(13)7-11(6-8)19(14,17)18/h1,5-7,10H,4H2,2H3,(H,15,16)(H2,14,17,18). The van der Waals surface area contributed by atoms with Gasteiger partial charge in [-0.15, -0.1) is 6.42 Å². The predicted molar refractivity (Wildman–Crippen MR) is 75.9 cm³/mol. The van der Waals surface area contributed by atoms with E-state index >= 15 is 0 Å². The van der Waals surface area contributed by atoms with Gasteiger partial charge in [0, 0.05) is 10.0 Å². The Bertz CT molecular complexity index is 635. The van der Waals surface area contributed by atoms with E-state index in [0.717, 1.165) is 0 Å². The minimum absolute atomic E-state index is 0.138. The first-order chi connectivity index (χ1) is 8.77. The van der Waals surface area contributed by atoms with E-state index in [1.807, 2.05) is 6.92 Å². The molecule has 0 aliphatic rings. The molecule has 102 valence electrons. The van der Waals surface area contributed by atoms with Crippen LogP contribution in [0.25, 0.3) is 0 Å². The highest BCUT2D eigenvalue weighted by atomic mass is 79.9. The first kappa shape index (κ1) is 15.7. The molecule has 19 heavy (non-hydrogen) atoms. The first-order valence-electron chi connectivity index (χ1n) is 5.38. The highest BCUT2D eigenvalue weighted by Crippen LogP contribution is 2.18. The van der Waals surface area contributed by atoms with Crippen molar-refractivity contribution in [3.05, 3.63) is 28.2 Å². The Labute approximate surface area is 120 Å². The van der Waals surface area contributed by atoms with Gasteiger partial charge in [0.25, 0.3) is 5.91 Å². The Morgan fingerprint density at radius 3 is 2.63 bits per heavy atom. The molecule has 1 rings (SSSR count). The number of amides is 1. The van der Waals surface area contributed by atoms with Crippen molar-refractivity contribution in [1.29, 1.82) is 0 Å². The third kappa shape index (κ3) is 4.35. The fourth-order valence-electron chi connectivity index (χ4n) is 1.36. The number of terminal acetylenes is 1. The minimum atomic E-state index is -3.87. The molecule has 5 nitrogen and oxygen atoms in total. The van der Waals surface area contributed by atoms with Crippen molar-refractivity contribution in [2.75, 3.05) is 0 Å². The Balaban J connectivity index is 3.12. The molecule has 0 fully saturated rings.